The Morgan fingerprint density at radius 3 is 2.22 bits per heavy atom. The monoisotopic (exact) mass is 434 g/mol. The van der Waals surface area contributed by atoms with Gasteiger partial charge in [-0.25, -0.2) is 4.79 Å². The Morgan fingerprint density at radius 2 is 1.56 bits per heavy atom. The van der Waals surface area contributed by atoms with Crippen molar-refractivity contribution < 1.29 is 9.59 Å². The minimum Gasteiger partial charge on any atom is -0.333 e. The van der Waals surface area contributed by atoms with E-state index in [0.717, 1.165) is 48.3 Å². The molecule has 3 amide bonds. The van der Waals surface area contributed by atoms with Crippen LogP contribution in [0.15, 0.2) is 42.6 Å². The van der Waals surface area contributed by atoms with Gasteiger partial charge < -0.3 is 14.7 Å². The topological polar surface area (TPSA) is 56.8 Å². The summed E-state index contributed by atoms with van der Waals surface area (Å²) >= 11 is 0. The highest BCUT2D eigenvalue weighted by Gasteiger charge is 2.35. The first-order chi connectivity index (χ1) is 15.5. The Bertz CT molecular complexity index is 916. The van der Waals surface area contributed by atoms with Crippen LogP contribution in [0.1, 0.15) is 54.1 Å². The maximum Gasteiger partial charge on any atom is 0.319 e. The molecule has 6 heteroatoms. The fraction of sp³-hybridized carbons (Fsp3) is 0.500. The Kier molecular flexibility index (Phi) is 6.77. The number of aryl methyl sites for hydroxylation is 2. The standard InChI is InChI=1S/C26H34N4O2/c1-19-9-4-5-11-22(19)24(23-20(2)10-8-14-27-23)28(3)25(31)21-12-17-30(18-13-21)26(32)29-15-6-7-16-29/h4-5,8-11,14,21,24H,6-7,12-13,15-18H2,1-3H3. The van der Waals surface area contributed by atoms with Crippen molar-refractivity contribution in [1.82, 2.24) is 19.7 Å². The number of carbonyl (C=O) groups is 2. The smallest absolute Gasteiger partial charge is 0.319 e. The van der Waals surface area contributed by atoms with Crippen molar-refractivity contribution in [2.75, 3.05) is 33.2 Å². The van der Waals surface area contributed by atoms with Gasteiger partial charge in [-0.2, -0.15) is 0 Å². The molecule has 1 atom stereocenters. The van der Waals surface area contributed by atoms with E-state index in [2.05, 4.69) is 24.0 Å². The normalized spacial score (nSPS) is 18.0. The summed E-state index contributed by atoms with van der Waals surface area (Å²) in [6.07, 6.45) is 5.42. The Labute approximate surface area is 191 Å². The second-order valence-electron chi connectivity index (χ2n) is 9.15. The molecule has 1 aromatic carbocycles. The lowest BCUT2D eigenvalue weighted by Crippen LogP contribution is -2.48. The molecule has 170 valence electrons. The number of carbonyl (C=O) groups excluding carboxylic acids is 2. The van der Waals surface area contributed by atoms with Gasteiger partial charge in [-0.05, 0) is 62.3 Å². The molecule has 32 heavy (non-hydrogen) atoms. The van der Waals surface area contributed by atoms with Crippen LogP contribution in [-0.4, -0.2) is 64.8 Å². The molecule has 1 aromatic heterocycles. The van der Waals surface area contributed by atoms with Crippen LogP contribution >= 0.6 is 0 Å². The van der Waals surface area contributed by atoms with Gasteiger partial charge in [-0.3, -0.25) is 9.78 Å². The number of rotatable bonds is 4. The van der Waals surface area contributed by atoms with Gasteiger partial charge >= 0.3 is 6.03 Å². The fourth-order valence-electron chi connectivity index (χ4n) is 5.06. The van der Waals surface area contributed by atoms with Crippen LogP contribution in [0, 0.1) is 19.8 Å². The first kappa shape index (κ1) is 22.3. The number of hydrogen-bond donors (Lipinski definition) is 0. The Morgan fingerprint density at radius 1 is 0.938 bits per heavy atom. The predicted octanol–water partition coefficient (Wildman–Crippen LogP) is 4.17. The van der Waals surface area contributed by atoms with Gasteiger partial charge in [0.15, 0.2) is 0 Å². The third-order valence-electron chi connectivity index (χ3n) is 7.02. The van der Waals surface area contributed by atoms with Crippen molar-refractivity contribution in [3.8, 4) is 0 Å². The van der Waals surface area contributed by atoms with Crippen molar-refractivity contribution in [2.45, 2.75) is 45.6 Å². The SMILES string of the molecule is Cc1ccccc1C(c1ncccc1C)N(C)C(=O)C1CCN(C(=O)N2CCCC2)CC1. The molecule has 0 N–H and O–H groups in total. The summed E-state index contributed by atoms with van der Waals surface area (Å²) in [6, 6.07) is 12.1. The summed E-state index contributed by atoms with van der Waals surface area (Å²) in [5.74, 6) is 0.0646. The Hall–Kier alpha value is -2.89. The summed E-state index contributed by atoms with van der Waals surface area (Å²) in [5.41, 5.74) is 4.24. The zero-order chi connectivity index (χ0) is 22.7. The van der Waals surface area contributed by atoms with E-state index in [-0.39, 0.29) is 23.9 Å². The molecule has 0 bridgehead atoms. The summed E-state index contributed by atoms with van der Waals surface area (Å²) in [5, 5.41) is 0. The van der Waals surface area contributed by atoms with Crippen LogP contribution in [-0.2, 0) is 4.79 Å². The number of amides is 3. The number of nitrogens with zero attached hydrogens (tertiary/aromatic N) is 4. The first-order valence-corrected chi connectivity index (χ1v) is 11.7. The summed E-state index contributed by atoms with van der Waals surface area (Å²) in [4.78, 5) is 36.8. The van der Waals surface area contributed by atoms with Crippen LogP contribution in [0.3, 0.4) is 0 Å². The van der Waals surface area contributed by atoms with E-state index < -0.39 is 0 Å². The first-order valence-electron chi connectivity index (χ1n) is 11.7. The van der Waals surface area contributed by atoms with Gasteiger partial charge in [0.05, 0.1) is 11.7 Å². The molecule has 2 aliphatic rings. The Balaban J connectivity index is 1.51. The molecule has 2 aliphatic heterocycles. The highest BCUT2D eigenvalue weighted by atomic mass is 16.2. The third kappa shape index (κ3) is 4.50. The summed E-state index contributed by atoms with van der Waals surface area (Å²) in [7, 11) is 1.90. The molecule has 4 rings (SSSR count). The van der Waals surface area contributed by atoms with E-state index in [1.54, 1.807) is 6.20 Å². The minimum atomic E-state index is -0.228. The summed E-state index contributed by atoms with van der Waals surface area (Å²) in [6.45, 7) is 7.16. The molecule has 2 fully saturated rings. The quantitative estimate of drug-likeness (QED) is 0.726. The zero-order valence-electron chi connectivity index (χ0n) is 19.5. The molecule has 0 radical (unpaired) electrons. The molecule has 6 nitrogen and oxygen atoms in total. The van der Waals surface area contributed by atoms with Crippen molar-refractivity contribution in [2.24, 2.45) is 5.92 Å². The van der Waals surface area contributed by atoms with Gasteiger partial charge in [0, 0.05) is 45.3 Å². The largest absolute Gasteiger partial charge is 0.333 e. The number of benzene rings is 1. The van der Waals surface area contributed by atoms with Gasteiger partial charge in [-0.1, -0.05) is 30.3 Å². The van der Waals surface area contributed by atoms with E-state index in [9.17, 15) is 9.59 Å². The fourth-order valence-corrected chi connectivity index (χ4v) is 5.06. The highest BCUT2D eigenvalue weighted by molar-refractivity contribution is 5.80. The van der Waals surface area contributed by atoms with Gasteiger partial charge in [0.25, 0.3) is 0 Å². The van der Waals surface area contributed by atoms with Crippen LogP contribution in [0.4, 0.5) is 4.79 Å². The van der Waals surface area contributed by atoms with Crippen molar-refractivity contribution in [1.29, 1.82) is 0 Å². The molecule has 0 aliphatic carbocycles. The van der Waals surface area contributed by atoms with E-state index in [0.29, 0.717) is 25.9 Å². The van der Waals surface area contributed by atoms with Crippen molar-refractivity contribution >= 4 is 11.9 Å². The lowest BCUT2D eigenvalue weighted by molar-refractivity contribution is -0.137. The summed E-state index contributed by atoms with van der Waals surface area (Å²) < 4.78 is 0. The molecular weight excluding hydrogens is 400 g/mol. The highest BCUT2D eigenvalue weighted by Crippen LogP contribution is 2.33. The number of pyridine rings is 1. The maximum absolute atomic E-state index is 13.6. The van der Waals surface area contributed by atoms with Crippen molar-refractivity contribution in [3.63, 3.8) is 0 Å². The molecule has 2 aromatic rings. The molecule has 1 unspecified atom stereocenters. The molecule has 0 saturated carbocycles. The van der Waals surface area contributed by atoms with Gasteiger partial charge in [0.1, 0.15) is 0 Å². The number of urea groups is 1. The lowest BCUT2D eigenvalue weighted by atomic mass is 9.91. The predicted molar refractivity (Wildman–Crippen MR) is 125 cm³/mol. The van der Waals surface area contributed by atoms with E-state index in [4.69, 9.17) is 0 Å². The van der Waals surface area contributed by atoms with Crippen LogP contribution in [0.5, 0.6) is 0 Å². The van der Waals surface area contributed by atoms with Gasteiger partial charge in [0.2, 0.25) is 5.91 Å². The number of likely N-dealkylation sites (tertiary alicyclic amines) is 2. The van der Waals surface area contributed by atoms with Crippen molar-refractivity contribution in [3.05, 3.63) is 65.0 Å². The van der Waals surface area contributed by atoms with Crippen LogP contribution < -0.4 is 0 Å². The van der Waals surface area contributed by atoms with Crippen LogP contribution in [0.25, 0.3) is 0 Å². The second kappa shape index (κ2) is 9.72. The average Bonchev–Trinajstić information content (AvgIpc) is 3.36. The zero-order valence-corrected chi connectivity index (χ0v) is 19.5. The van der Waals surface area contributed by atoms with E-state index in [1.165, 1.54) is 0 Å². The number of piperidine rings is 1. The lowest BCUT2D eigenvalue weighted by Gasteiger charge is -2.37. The van der Waals surface area contributed by atoms with E-state index >= 15 is 0 Å². The minimum absolute atomic E-state index is 0.0711. The second-order valence-corrected chi connectivity index (χ2v) is 9.15. The number of aromatic nitrogens is 1. The molecule has 0 spiro atoms. The molecule has 2 saturated heterocycles. The van der Waals surface area contributed by atoms with Gasteiger partial charge in [-0.15, -0.1) is 0 Å². The molecule has 3 heterocycles. The number of hydrogen-bond acceptors (Lipinski definition) is 3. The van der Waals surface area contributed by atoms with Crippen LogP contribution in [0.2, 0.25) is 0 Å². The third-order valence-corrected chi connectivity index (χ3v) is 7.02. The average molecular weight is 435 g/mol. The van der Waals surface area contributed by atoms with E-state index in [1.807, 2.05) is 52.9 Å². The molecular formula is C26H34N4O2. The maximum atomic E-state index is 13.6.